The number of nitrogens with one attached hydrogen (secondary N) is 1. The summed E-state index contributed by atoms with van der Waals surface area (Å²) in [4.78, 5) is 23.8. The minimum absolute atomic E-state index is 0.321. The molecule has 0 fully saturated rings. The van der Waals surface area contributed by atoms with Gasteiger partial charge >= 0.3 is 5.97 Å². The van der Waals surface area contributed by atoms with Gasteiger partial charge in [0, 0.05) is 16.2 Å². The first-order valence-electron chi connectivity index (χ1n) is 8.48. The van der Waals surface area contributed by atoms with E-state index in [4.69, 9.17) is 4.74 Å². The molecule has 1 atom stereocenters. The molecule has 0 saturated carbocycles. The highest BCUT2D eigenvalue weighted by atomic mass is 79.9. The lowest BCUT2D eigenvalue weighted by Crippen LogP contribution is -2.21. The van der Waals surface area contributed by atoms with Crippen LogP contribution >= 0.6 is 15.9 Å². The normalized spacial score (nSPS) is 12.0. The number of amides is 1. The van der Waals surface area contributed by atoms with Crippen LogP contribution in [-0.4, -0.2) is 18.5 Å². The van der Waals surface area contributed by atoms with Crippen molar-refractivity contribution in [1.29, 1.82) is 0 Å². The molecule has 2 rings (SSSR count). The lowest BCUT2D eigenvalue weighted by molar-refractivity contribution is -0.142. The predicted octanol–water partition coefficient (Wildman–Crippen LogP) is 5.16. The third-order valence-electron chi connectivity index (χ3n) is 4.01. The van der Waals surface area contributed by atoms with Crippen molar-refractivity contribution in [2.24, 2.45) is 0 Å². The van der Waals surface area contributed by atoms with Crippen molar-refractivity contribution in [3.8, 4) is 0 Å². The topological polar surface area (TPSA) is 55.4 Å². The van der Waals surface area contributed by atoms with E-state index in [1.165, 1.54) is 6.08 Å². The zero-order valence-corrected chi connectivity index (χ0v) is 16.5. The number of esters is 1. The number of benzene rings is 2. The summed E-state index contributed by atoms with van der Waals surface area (Å²) in [6.07, 6.45) is 3.93. The van der Waals surface area contributed by atoms with Crippen LogP contribution in [0.5, 0.6) is 0 Å². The molecule has 1 N–H and O–H groups in total. The second-order valence-electron chi connectivity index (χ2n) is 5.94. The fraction of sp³-hybridized carbons (Fsp3) is 0.238. The molecule has 0 heterocycles. The Hall–Kier alpha value is -2.40. The molecular formula is C21H22BrNO3. The summed E-state index contributed by atoms with van der Waals surface area (Å²) in [7, 11) is 0. The Morgan fingerprint density at radius 2 is 1.85 bits per heavy atom. The number of hydrogen-bond donors (Lipinski definition) is 1. The van der Waals surface area contributed by atoms with Crippen LogP contribution in [-0.2, 0) is 14.3 Å². The predicted molar refractivity (Wildman–Crippen MR) is 108 cm³/mol. The fourth-order valence-corrected chi connectivity index (χ4v) is 2.63. The standard InChI is InChI=1S/C21H22BrNO3/c1-3-15(2)18-6-4-5-7-19(18)23-20(24)14-26-21(25)13-10-16-8-11-17(22)12-9-16/h4-13,15H,3,14H2,1-2H3,(H,23,24)/b13-10+/t15-/m1/s1. The van der Waals surface area contributed by atoms with Crippen molar-refractivity contribution in [2.75, 3.05) is 11.9 Å². The van der Waals surface area contributed by atoms with E-state index in [0.717, 1.165) is 27.7 Å². The third-order valence-corrected chi connectivity index (χ3v) is 4.53. The summed E-state index contributed by atoms with van der Waals surface area (Å²) < 4.78 is 5.97. The Kier molecular flexibility index (Phi) is 7.60. The van der Waals surface area contributed by atoms with Gasteiger partial charge in [0.25, 0.3) is 5.91 Å². The molecule has 0 aliphatic heterocycles. The number of anilines is 1. The summed E-state index contributed by atoms with van der Waals surface area (Å²) in [5, 5.41) is 2.82. The number of carbonyl (C=O) groups is 2. The van der Waals surface area contributed by atoms with E-state index in [9.17, 15) is 9.59 Å². The molecule has 26 heavy (non-hydrogen) atoms. The van der Waals surface area contributed by atoms with E-state index >= 15 is 0 Å². The van der Waals surface area contributed by atoms with E-state index in [2.05, 4.69) is 35.1 Å². The van der Waals surface area contributed by atoms with Gasteiger partial charge in [-0.3, -0.25) is 4.79 Å². The zero-order chi connectivity index (χ0) is 18.9. The fourth-order valence-electron chi connectivity index (χ4n) is 2.37. The molecule has 0 aliphatic carbocycles. The van der Waals surface area contributed by atoms with Gasteiger partial charge in [0.05, 0.1) is 0 Å². The van der Waals surface area contributed by atoms with E-state index in [-0.39, 0.29) is 12.5 Å². The molecule has 1 amide bonds. The number of hydrogen-bond acceptors (Lipinski definition) is 3. The number of ether oxygens (including phenoxy) is 1. The average Bonchev–Trinajstić information content (AvgIpc) is 2.65. The highest BCUT2D eigenvalue weighted by Crippen LogP contribution is 2.26. The molecule has 0 bridgehead atoms. The molecule has 0 unspecified atom stereocenters. The van der Waals surface area contributed by atoms with Gasteiger partial charge in [0.2, 0.25) is 0 Å². The van der Waals surface area contributed by atoms with Crippen molar-refractivity contribution >= 4 is 39.6 Å². The van der Waals surface area contributed by atoms with Crippen LogP contribution < -0.4 is 5.32 Å². The number of para-hydroxylation sites is 1. The largest absolute Gasteiger partial charge is 0.452 e. The molecule has 136 valence electrons. The van der Waals surface area contributed by atoms with Crippen LogP contribution in [0.25, 0.3) is 6.08 Å². The Bertz CT molecular complexity index is 784. The summed E-state index contributed by atoms with van der Waals surface area (Å²) in [6.45, 7) is 3.89. The van der Waals surface area contributed by atoms with Gasteiger partial charge < -0.3 is 10.1 Å². The Morgan fingerprint density at radius 3 is 2.54 bits per heavy atom. The van der Waals surface area contributed by atoms with Gasteiger partial charge in [0.15, 0.2) is 6.61 Å². The Balaban J connectivity index is 1.87. The maximum absolute atomic E-state index is 12.1. The summed E-state index contributed by atoms with van der Waals surface area (Å²) >= 11 is 3.35. The highest BCUT2D eigenvalue weighted by molar-refractivity contribution is 9.10. The lowest BCUT2D eigenvalue weighted by Gasteiger charge is -2.15. The van der Waals surface area contributed by atoms with Crippen molar-refractivity contribution in [1.82, 2.24) is 0 Å². The van der Waals surface area contributed by atoms with Gasteiger partial charge in [-0.15, -0.1) is 0 Å². The van der Waals surface area contributed by atoms with Gasteiger partial charge in [-0.25, -0.2) is 4.79 Å². The Morgan fingerprint density at radius 1 is 1.15 bits per heavy atom. The van der Waals surface area contributed by atoms with Gasteiger partial charge in [-0.05, 0) is 47.7 Å². The maximum atomic E-state index is 12.1. The van der Waals surface area contributed by atoms with E-state index in [1.54, 1.807) is 6.08 Å². The molecule has 0 aromatic heterocycles. The average molecular weight is 416 g/mol. The minimum atomic E-state index is -0.557. The van der Waals surface area contributed by atoms with Gasteiger partial charge in [0.1, 0.15) is 0 Å². The van der Waals surface area contributed by atoms with Crippen molar-refractivity contribution in [3.63, 3.8) is 0 Å². The summed E-state index contributed by atoms with van der Waals surface area (Å²) in [5.41, 5.74) is 2.70. The SMILES string of the molecule is CC[C@@H](C)c1ccccc1NC(=O)COC(=O)/C=C/c1ccc(Br)cc1. The maximum Gasteiger partial charge on any atom is 0.331 e. The van der Waals surface area contributed by atoms with E-state index in [1.807, 2.05) is 48.5 Å². The smallest absolute Gasteiger partial charge is 0.331 e. The van der Waals surface area contributed by atoms with Crippen molar-refractivity contribution < 1.29 is 14.3 Å². The van der Waals surface area contributed by atoms with Crippen LogP contribution in [0.1, 0.15) is 37.3 Å². The molecule has 2 aromatic carbocycles. The molecule has 5 heteroatoms. The van der Waals surface area contributed by atoms with E-state index < -0.39 is 5.97 Å². The van der Waals surface area contributed by atoms with Crippen molar-refractivity contribution in [2.45, 2.75) is 26.2 Å². The lowest BCUT2D eigenvalue weighted by atomic mass is 9.97. The first-order valence-corrected chi connectivity index (χ1v) is 9.28. The second-order valence-corrected chi connectivity index (χ2v) is 6.85. The summed E-state index contributed by atoms with van der Waals surface area (Å²) in [6, 6.07) is 15.2. The van der Waals surface area contributed by atoms with E-state index in [0.29, 0.717) is 5.92 Å². The molecule has 0 spiro atoms. The summed E-state index contributed by atoms with van der Waals surface area (Å²) in [5.74, 6) is -0.577. The molecule has 0 saturated heterocycles. The van der Waals surface area contributed by atoms with Crippen LogP contribution in [0.3, 0.4) is 0 Å². The zero-order valence-electron chi connectivity index (χ0n) is 14.9. The van der Waals surface area contributed by atoms with Gasteiger partial charge in [-0.1, -0.05) is 60.1 Å². The van der Waals surface area contributed by atoms with Crippen LogP contribution in [0.15, 0.2) is 59.1 Å². The molecule has 2 aromatic rings. The van der Waals surface area contributed by atoms with Crippen LogP contribution in [0, 0.1) is 0 Å². The Labute approximate surface area is 162 Å². The minimum Gasteiger partial charge on any atom is -0.452 e. The molecule has 0 aliphatic rings. The monoisotopic (exact) mass is 415 g/mol. The number of halogens is 1. The first-order chi connectivity index (χ1) is 12.5. The molecule has 0 radical (unpaired) electrons. The first kappa shape index (κ1) is 19.9. The van der Waals surface area contributed by atoms with Crippen molar-refractivity contribution in [3.05, 3.63) is 70.2 Å². The molecule has 4 nitrogen and oxygen atoms in total. The van der Waals surface area contributed by atoms with Crippen LogP contribution in [0.4, 0.5) is 5.69 Å². The van der Waals surface area contributed by atoms with Gasteiger partial charge in [-0.2, -0.15) is 0 Å². The number of rotatable bonds is 7. The molecular weight excluding hydrogens is 394 g/mol. The second kappa shape index (κ2) is 9.92. The third kappa shape index (κ3) is 6.15. The highest BCUT2D eigenvalue weighted by Gasteiger charge is 2.12. The number of carbonyl (C=O) groups excluding carboxylic acids is 2. The quantitative estimate of drug-likeness (QED) is 0.501. The van der Waals surface area contributed by atoms with Crippen LogP contribution in [0.2, 0.25) is 0 Å².